The molecule has 4 rings (SSSR count). The molecule has 146 valence electrons. The molecule has 0 radical (unpaired) electrons. The Morgan fingerprint density at radius 1 is 1.21 bits per heavy atom. The van der Waals surface area contributed by atoms with Crippen LogP contribution in [0.1, 0.15) is 39.0 Å². The van der Waals surface area contributed by atoms with Crippen LogP contribution in [0.15, 0.2) is 65.3 Å². The average molecular weight is 395 g/mol. The molecule has 1 fully saturated rings. The van der Waals surface area contributed by atoms with Crippen LogP contribution in [0.5, 0.6) is 0 Å². The molecule has 0 spiro atoms. The summed E-state index contributed by atoms with van der Waals surface area (Å²) >= 11 is 5.90. The van der Waals surface area contributed by atoms with E-state index in [0.717, 1.165) is 18.5 Å². The van der Waals surface area contributed by atoms with E-state index in [9.17, 15) is 4.79 Å². The molecule has 28 heavy (non-hydrogen) atoms. The van der Waals surface area contributed by atoms with E-state index in [-0.39, 0.29) is 11.3 Å². The van der Waals surface area contributed by atoms with Crippen molar-refractivity contribution >= 4 is 29.4 Å². The second-order valence-electron chi connectivity index (χ2n) is 8.46. The van der Waals surface area contributed by atoms with Crippen LogP contribution in [0.2, 0.25) is 5.02 Å². The Labute approximate surface area is 172 Å². The highest BCUT2D eigenvalue weighted by molar-refractivity contribution is 6.30. The van der Waals surface area contributed by atoms with Crippen molar-refractivity contribution in [2.24, 2.45) is 28.2 Å². The molecule has 0 saturated heterocycles. The number of allylic oxidation sites excluding steroid dienone is 5. The Balaban J connectivity index is 1.32. The van der Waals surface area contributed by atoms with E-state index < -0.39 is 0 Å². The molecule has 2 aliphatic carbocycles. The van der Waals surface area contributed by atoms with E-state index in [4.69, 9.17) is 11.6 Å². The van der Waals surface area contributed by atoms with E-state index in [1.165, 1.54) is 18.4 Å². The van der Waals surface area contributed by atoms with Gasteiger partial charge in [-0.15, -0.1) is 0 Å². The highest BCUT2D eigenvalue weighted by Gasteiger charge is 2.42. The van der Waals surface area contributed by atoms with Crippen molar-refractivity contribution in [1.29, 1.82) is 0 Å². The number of nitrogens with one attached hydrogen (secondary N) is 1. The summed E-state index contributed by atoms with van der Waals surface area (Å²) in [7, 11) is 0. The van der Waals surface area contributed by atoms with Crippen LogP contribution in [0, 0.1) is 23.2 Å². The summed E-state index contributed by atoms with van der Waals surface area (Å²) in [6.07, 6.45) is 18.1. The number of rotatable bonds is 4. The third-order valence-corrected chi connectivity index (χ3v) is 6.94. The molecule has 4 heteroatoms. The van der Waals surface area contributed by atoms with Gasteiger partial charge in [-0.05, 0) is 73.4 Å². The summed E-state index contributed by atoms with van der Waals surface area (Å²) < 4.78 is 0. The van der Waals surface area contributed by atoms with Crippen LogP contribution in [0.25, 0.3) is 0 Å². The molecular formula is C24H27ClN2O. The van der Waals surface area contributed by atoms with Gasteiger partial charge in [0.05, 0.1) is 0 Å². The first-order valence-electron chi connectivity index (χ1n) is 10.2. The van der Waals surface area contributed by atoms with Crippen molar-refractivity contribution in [2.45, 2.75) is 39.0 Å². The minimum atomic E-state index is 0.101. The van der Waals surface area contributed by atoms with E-state index >= 15 is 0 Å². The second-order valence-corrected chi connectivity index (χ2v) is 8.90. The summed E-state index contributed by atoms with van der Waals surface area (Å²) in [5, 5.41) is 3.67. The van der Waals surface area contributed by atoms with Gasteiger partial charge in [-0.1, -0.05) is 36.8 Å². The first-order chi connectivity index (χ1) is 13.5. The van der Waals surface area contributed by atoms with Gasteiger partial charge in [-0.25, -0.2) is 0 Å². The highest BCUT2D eigenvalue weighted by atomic mass is 35.5. The lowest BCUT2D eigenvalue weighted by Crippen LogP contribution is -2.39. The molecular weight excluding hydrogens is 368 g/mol. The van der Waals surface area contributed by atoms with E-state index in [2.05, 4.69) is 47.8 Å². The fourth-order valence-corrected chi connectivity index (χ4v) is 5.12. The van der Waals surface area contributed by atoms with Crippen LogP contribution < -0.4 is 5.32 Å². The molecule has 1 heterocycles. The van der Waals surface area contributed by atoms with Gasteiger partial charge in [-0.3, -0.25) is 9.79 Å². The number of nitrogens with zero attached hydrogens (tertiary/aromatic N) is 1. The smallest absolute Gasteiger partial charge is 0.224 e. The standard InChI is InChI=1S/C24H27ClN2O/c1-24(13-2-3-18-12-14-26-16-22(18)24)19-6-4-17(5-7-19)15-23(28)27-21-10-8-20(25)9-11-21/h2-3,8-14,16-17,19,22H,4-7,15H2,1H3,(H,27,28)/t17-,19+,22?,24?. The summed E-state index contributed by atoms with van der Waals surface area (Å²) in [6.45, 7) is 2.38. The van der Waals surface area contributed by atoms with Gasteiger partial charge < -0.3 is 5.32 Å². The molecule has 1 aromatic carbocycles. The van der Waals surface area contributed by atoms with E-state index in [1.807, 2.05) is 18.3 Å². The molecule has 2 atom stereocenters. The van der Waals surface area contributed by atoms with Crippen molar-refractivity contribution in [1.82, 2.24) is 0 Å². The maximum absolute atomic E-state index is 12.4. The Morgan fingerprint density at radius 2 is 1.96 bits per heavy atom. The van der Waals surface area contributed by atoms with Gasteiger partial charge in [-0.2, -0.15) is 0 Å². The third kappa shape index (κ3) is 4.00. The predicted octanol–water partition coefficient (Wildman–Crippen LogP) is 6.19. The first kappa shape index (κ1) is 19.2. The van der Waals surface area contributed by atoms with Crippen molar-refractivity contribution in [3.05, 3.63) is 65.4 Å². The first-order valence-corrected chi connectivity index (χ1v) is 10.6. The Bertz CT molecular complexity index is 844. The summed E-state index contributed by atoms with van der Waals surface area (Å²) in [5.74, 6) is 1.57. The number of hydrogen-bond acceptors (Lipinski definition) is 2. The zero-order valence-electron chi connectivity index (χ0n) is 16.3. The fourth-order valence-electron chi connectivity index (χ4n) is 4.99. The number of fused-ring (bicyclic) bond motifs is 1. The van der Waals surface area contributed by atoms with Crippen LogP contribution in [0.3, 0.4) is 0 Å². The van der Waals surface area contributed by atoms with Crippen LogP contribution in [0.4, 0.5) is 5.69 Å². The highest BCUT2D eigenvalue weighted by Crippen LogP contribution is 2.50. The van der Waals surface area contributed by atoms with Gasteiger partial charge in [0.15, 0.2) is 0 Å². The minimum absolute atomic E-state index is 0.101. The maximum Gasteiger partial charge on any atom is 0.224 e. The number of amides is 1. The Kier molecular flexibility index (Phi) is 5.54. The lowest BCUT2D eigenvalue weighted by molar-refractivity contribution is -0.117. The monoisotopic (exact) mass is 394 g/mol. The number of carbonyl (C=O) groups excluding carboxylic acids is 1. The summed E-state index contributed by atoms with van der Waals surface area (Å²) in [4.78, 5) is 16.8. The van der Waals surface area contributed by atoms with Gasteiger partial charge in [0.25, 0.3) is 0 Å². The van der Waals surface area contributed by atoms with Gasteiger partial charge in [0, 0.05) is 40.9 Å². The quantitative estimate of drug-likeness (QED) is 0.649. The molecule has 1 N–H and O–H groups in total. The Morgan fingerprint density at radius 3 is 2.71 bits per heavy atom. The molecule has 1 aliphatic heterocycles. The van der Waals surface area contributed by atoms with E-state index in [1.54, 1.807) is 12.1 Å². The number of hydrogen-bond donors (Lipinski definition) is 1. The van der Waals surface area contributed by atoms with Crippen molar-refractivity contribution < 1.29 is 4.79 Å². The minimum Gasteiger partial charge on any atom is -0.326 e. The van der Waals surface area contributed by atoms with Gasteiger partial charge in [0.2, 0.25) is 5.91 Å². The number of benzene rings is 1. The van der Waals surface area contributed by atoms with Gasteiger partial charge in [0.1, 0.15) is 0 Å². The average Bonchev–Trinajstić information content (AvgIpc) is 2.71. The van der Waals surface area contributed by atoms with E-state index in [0.29, 0.717) is 29.2 Å². The SMILES string of the molecule is CC1([C@H]2CC[C@@H](CC(=O)Nc3ccc(Cl)cc3)CC2)C=CC=C2C=CN=CC21. The Hall–Kier alpha value is -2.13. The molecule has 0 aromatic heterocycles. The predicted molar refractivity (Wildman–Crippen MR) is 117 cm³/mol. The molecule has 0 bridgehead atoms. The summed E-state index contributed by atoms with van der Waals surface area (Å²) in [5.41, 5.74) is 2.30. The largest absolute Gasteiger partial charge is 0.326 e. The molecule has 1 saturated carbocycles. The van der Waals surface area contributed by atoms with Crippen LogP contribution in [-0.4, -0.2) is 12.1 Å². The lowest BCUT2D eigenvalue weighted by atomic mass is 9.59. The van der Waals surface area contributed by atoms with Crippen LogP contribution >= 0.6 is 11.6 Å². The zero-order valence-corrected chi connectivity index (χ0v) is 17.0. The lowest BCUT2D eigenvalue weighted by Gasteiger charge is -2.45. The summed E-state index contributed by atoms with van der Waals surface area (Å²) in [6, 6.07) is 7.29. The number of anilines is 1. The maximum atomic E-state index is 12.4. The van der Waals surface area contributed by atoms with Crippen molar-refractivity contribution in [3.8, 4) is 0 Å². The van der Waals surface area contributed by atoms with Crippen LogP contribution in [-0.2, 0) is 4.79 Å². The normalized spacial score (nSPS) is 31.2. The molecule has 3 aliphatic rings. The topological polar surface area (TPSA) is 41.5 Å². The fraction of sp³-hybridized carbons (Fsp3) is 0.417. The van der Waals surface area contributed by atoms with Crippen molar-refractivity contribution in [3.63, 3.8) is 0 Å². The molecule has 2 unspecified atom stereocenters. The zero-order chi connectivity index (χ0) is 19.6. The number of carbonyl (C=O) groups is 1. The van der Waals surface area contributed by atoms with Gasteiger partial charge >= 0.3 is 0 Å². The number of halogens is 1. The number of aliphatic imine (C=N–C) groups is 1. The third-order valence-electron chi connectivity index (χ3n) is 6.69. The molecule has 3 nitrogen and oxygen atoms in total. The molecule has 1 amide bonds. The van der Waals surface area contributed by atoms with Crippen molar-refractivity contribution in [2.75, 3.05) is 5.32 Å². The molecule has 1 aromatic rings. The second kappa shape index (κ2) is 8.08.